The molecular weight excluding hydrogens is 312 g/mol. The lowest BCUT2D eigenvalue weighted by molar-refractivity contribution is 0.630. The van der Waals surface area contributed by atoms with Crippen molar-refractivity contribution in [1.82, 2.24) is 19.3 Å². The zero-order valence-electron chi connectivity index (χ0n) is 12.4. The molecule has 6 heteroatoms. The van der Waals surface area contributed by atoms with Crippen molar-refractivity contribution in [3.05, 3.63) is 69.6 Å². The molecule has 0 aliphatic rings. The number of hydrogen-bond acceptors (Lipinski definition) is 3. The van der Waals surface area contributed by atoms with E-state index in [-0.39, 0.29) is 5.69 Å². The highest BCUT2D eigenvalue weighted by atomic mass is 35.5. The van der Waals surface area contributed by atoms with Crippen LogP contribution in [0.5, 0.6) is 0 Å². The standard InChI is InChI=1S/C17H13ClN4O/c1-21-14-8-7-12(18)9-13(14)15-16(21)19-17(23)22(20-15)10-11-5-3-2-4-6-11/h2-9H,10H2,1H3. The lowest BCUT2D eigenvalue weighted by Crippen LogP contribution is -2.26. The minimum atomic E-state index is -0.363. The Morgan fingerprint density at radius 1 is 1.13 bits per heavy atom. The van der Waals surface area contributed by atoms with Crippen LogP contribution in [0.2, 0.25) is 5.02 Å². The summed E-state index contributed by atoms with van der Waals surface area (Å²) in [5, 5.41) is 6.05. The predicted molar refractivity (Wildman–Crippen MR) is 90.8 cm³/mol. The average Bonchev–Trinajstić information content (AvgIpc) is 2.81. The van der Waals surface area contributed by atoms with Crippen molar-refractivity contribution in [2.45, 2.75) is 6.54 Å². The molecule has 0 radical (unpaired) electrons. The molecule has 2 aromatic heterocycles. The van der Waals surface area contributed by atoms with Crippen molar-refractivity contribution >= 4 is 33.7 Å². The SMILES string of the molecule is Cn1c2ccc(Cl)cc2c2nn(Cc3ccccc3)c(=O)nc21. The molecule has 0 fully saturated rings. The van der Waals surface area contributed by atoms with E-state index in [1.165, 1.54) is 4.68 Å². The van der Waals surface area contributed by atoms with Gasteiger partial charge in [-0.3, -0.25) is 0 Å². The maximum atomic E-state index is 12.3. The number of halogens is 1. The van der Waals surface area contributed by atoms with Crippen LogP contribution in [0, 0.1) is 0 Å². The van der Waals surface area contributed by atoms with Gasteiger partial charge in [-0.25, -0.2) is 9.48 Å². The van der Waals surface area contributed by atoms with Crippen LogP contribution in [-0.4, -0.2) is 19.3 Å². The highest BCUT2D eigenvalue weighted by Crippen LogP contribution is 2.26. The van der Waals surface area contributed by atoms with Crippen LogP contribution in [0.25, 0.3) is 22.1 Å². The van der Waals surface area contributed by atoms with Crippen molar-refractivity contribution in [3.63, 3.8) is 0 Å². The molecule has 2 heterocycles. The van der Waals surface area contributed by atoms with Gasteiger partial charge in [0.25, 0.3) is 0 Å². The molecule has 0 aliphatic carbocycles. The molecular formula is C17H13ClN4O. The maximum absolute atomic E-state index is 12.3. The molecule has 0 saturated carbocycles. The summed E-state index contributed by atoms with van der Waals surface area (Å²) in [6.07, 6.45) is 0. The fraction of sp³-hybridized carbons (Fsp3) is 0.118. The third-order valence-electron chi connectivity index (χ3n) is 3.92. The molecule has 0 atom stereocenters. The van der Waals surface area contributed by atoms with E-state index in [0.717, 1.165) is 16.5 Å². The fourth-order valence-electron chi connectivity index (χ4n) is 2.78. The van der Waals surface area contributed by atoms with Gasteiger partial charge in [0.15, 0.2) is 5.65 Å². The predicted octanol–water partition coefficient (Wildman–Crippen LogP) is 2.98. The van der Waals surface area contributed by atoms with E-state index < -0.39 is 0 Å². The van der Waals surface area contributed by atoms with Crippen molar-refractivity contribution < 1.29 is 0 Å². The number of rotatable bonds is 2. The summed E-state index contributed by atoms with van der Waals surface area (Å²) in [5.74, 6) is 0. The second-order valence-corrected chi connectivity index (χ2v) is 5.87. The first-order chi connectivity index (χ1) is 11.1. The third-order valence-corrected chi connectivity index (χ3v) is 4.16. The van der Waals surface area contributed by atoms with Crippen LogP contribution in [0.4, 0.5) is 0 Å². The Hall–Kier alpha value is -2.66. The number of benzene rings is 2. The average molecular weight is 325 g/mol. The van der Waals surface area contributed by atoms with E-state index in [1.807, 2.05) is 60.1 Å². The summed E-state index contributed by atoms with van der Waals surface area (Å²) in [5.41, 5.74) is 2.83. The second kappa shape index (κ2) is 5.21. The van der Waals surface area contributed by atoms with Gasteiger partial charge in [0.1, 0.15) is 5.52 Å². The molecule has 0 amide bonds. The number of aryl methyl sites for hydroxylation is 1. The van der Waals surface area contributed by atoms with Crippen LogP contribution in [0.15, 0.2) is 53.3 Å². The van der Waals surface area contributed by atoms with Gasteiger partial charge in [0, 0.05) is 17.5 Å². The Bertz CT molecular complexity index is 1080. The number of hydrogen-bond donors (Lipinski definition) is 0. The second-order valence-electron chi connectivity index (χ2n) is 5.43. The van der Waals surface area contributed by atoms with Gasteiger partial charge < -0.3 is 4.57 Å². The molecule has 5 nitrogen and oxygen atoms in total. The van der Waals surface area contributed by atoms with Gasteiger partial charge in [-0.05, 0) is 23.8 Å². The number of aromatic nitrogens is 4. The minimum absolute atomic E-state index is 0.363. The third kappa shape index (κ3) is 2.29. The smallest absolute Gasteiger partial charge is 0.327 e. The Balaban J connectivity index is 1.97. The van der Waals surface area contributed by atoms with Crippen molar-refractivity contribution in [2.75, 3.05) is 0 Å². The molecule has 0 bridgehead atoms. The molecule has 0 spiro atoms. The molecule has 4 rings (SSSR count). The Morgan fingerprint density at radius 2 is 1.91 bits per heavy atom. The van der Waals surface area contributed by atoms with E-state index in [4.69, 9.17) is 11.6 Å². The lowest BCUT2D eigenvalue weighted by atomic mass is 10.2. The Morgan fingerprint density at radius 3 is 2.70 bits per heavy atom. The molecule has 4 aromatic rings. The summed E-state index contributed by atoms with van der Waals surface area (Å²) in [6, 6.07) is 15.3. The molecule has 0 aliphatic heterocycles. The molecule has 0 unspecified atom stereocenters. The number of nitrogens with zero attached hydrogens (tertiary/aromatic N) is 4. The van der Waals surface area contributed by atoms with Crippen LogP contribution in [0.1, 0.15) is 5.56 Å². The van der Waals surface area contributed by atoms with Gasteiger partial charge in [0.05, 0.1) is 12.1 Å². The monoisotopic (exact) mass is 324 g/mol. The highest BCUT2D eigenvalue weighted by molar-refractivity contribution is 6.31. The van der Waals surface area contributed by atoms with Crippen LogP contribution in [0.3, 0.4) is 0 Å². The van der Waals surface area contributed by atoms with Crippen LogP contribution >= 0.6 is 11.6 Å². The Labute approximate surface area is 136 Å². The molecule has 0 saturated heterocycles. The van der Waals surface area contributed by atoms with E-state index in [0.29, 0.717) is 22.7 Å². The topological polar surface area (TPSA) is 52.7 Å². The van der Waals surface area contributed by atoms with Crippen molar-refractivity contribution in [3.8, 4) is 0 Å². The maximum Gasteiger partial charge on any atom is 0.366 e. The van der Waals surface area contributed by atoms with Crippen LogP contribution in [-0.2, 0) is 13.6 Å². The minimum Gasteiger partial charge on any atom is -0.327 e. The number of fused-ring (bicyclic) bond motifs is 3. The largest absolute Gasteiger partial charge is 0.366 e. The fourth-order valence-corrected chi connectivity index (χ4v) is 2.95. The first kappa shape index (κ1) is 14.0. The van der Waals surface area contributed by atoms with Gasteiger partial charge in [-0.2, -0.15) is 10.1 Å². The van der Waals surface area contributed by atoms with Gasteiger partial charge in [0.2, 0.25) is 0 Å². The molecule has 114 valence electrons. The summed E-state index contributed by atoms with van der Waals surface area (Å²) in [4.78, 5) is 16.5. The van der Waals surface area contributed by atoms with Crippen LogP contribution < -0.4 is 5.69 Å². The van der Waals surface area contributed by atoms with Gasteiger partial charge in [-0.15, -0.1) is 0 Å². The summed E-state index contributed by atoms with van der Waals surface area (Å²) < 4.78 is 3.25. The molecule has 0 N–H and O–H groups in total. The molecule has 2 aromatic carbocycles. The Kier molecular flexibility index (Phi) is 3.16. The molecule has 23 heavy (non-hydrogen) atoms. The first-order valence-electron chi connectivity index (χ1n) is 7.20. The van der Waals surface area contributed by atoms with E-state index >= 15 is 0 Å². The van der Waals surface area contributed by atoms with Crippen molar-refractivity contribution in [1.29, 1.82) is 0 Å². The normalized spacial score (nSPS) is 11.4. The van der Waals surface area contributed by atoms with Crippen molar-refractivity contribution in [2.24, 2.45) is 7.05 Å². The summed E-state index contributed by atoms with van der Waals surface area (Å²) in [6.45, 7) is 0.388. The van der Waals surface area contributed by atoms with Gasteiger partial charge in [-0.1, -0.05) is 41.9 Å². The zero-order valence-corrected chi connectivity index (χ0v) is 13.2. The highest BCUT2D eigenvalue weighted by Gasteiger charge is 2.14. The summed E-state index contributed by atoms with van der Waals surface area (Å²) >= 11 is 6.10. The van der Waals surface area contributed by atoms with E-state index in [2.05, 4.69) is 10.1 Å². The first-order valence-corrected chi connectivity index (χ1v) is 7.58. The zero-order chi connectivity index (χ0) is 16.0. The van der Waals surface area contributed by atoms with E-state index in [9.17, 15) is 4.79 Å². The quantitative estimate of drug-likeness (QED) is 0.569. The van der Waals surface area contributed by atoms with Gasteiger partial charge >= 0.3 is 5.69 Å². The van der Waals surface area contributed by atoms with E-state index in [1.54, 1.807) is 0 Å². The summed E-state index contributed by atoms with van der Waals surface area (Å²) in [7, 11) is 1.87. The lowest BCUT2D eigenvalue weighted by Gasteiger charge is -2.04.